The van der Waals surface area contributed by atoms with Crippen molar-refractivity contribution < 1.29 is 4.39 Å². The maximum absolute atomic E-state index is 13.2. The van der Waals surface area contributed by atoms with Gasteiger partial charge in [-0.25, -0.2) is 9.37 Å². The van der Waals surface area contributed by atoms with E-state index in [1.165, 1.54) is 17.8 Å². The van der Waals surface area contributed by atoms with Crippen molar-refractivity contribution in [1.29, 1.82) is 0 Å². The van der Waals surface area contributed by atoms with Gasteiger partial charge < -0.3 is 9.55 Å². The van der Waals surface area contributed by atoms with Crippen LogP contribution in [-0.2, 0) is 31.5 Å². The summed E-state index contributed by atoms with van der Waals surface area (Å²) in [5, 5.41) is 0. The molecule has 0 atom stereocenters. The standard InChI is InChI=1S/C23H27FN4O/c1-23(2,3)22-25-20-10-12-27(15-19(20)21(29)26-22)14-18-5-4-11-28(18)13-16-6-8-17(24)9-7-16/h4-9,11H,10,12-15H2,1-3H3,(H,25,26,29). The highest BCUT2D eigenvalue weighted by Gasteiger charge is 2.25. The summed E-state index contributed by atoms with van der Waals surface area (Å²) in [6.07, 6.45) is 2.82. The van der Waals surface area contributed by atoms with Gasteiger partial charge in [-0.2, -0.15) is 0 Å². The molecule has 0 saturated heterocycles. The summed E-state index contributed by atoms with van der Waals surface area (Å²) in [5.74, 6) is 0.532. The van der Waals surface area contributed by atoms with Crippen molar-refractivity contribution in [3.8, 4) is 0 Å². The van der Waals surface area contributed by atoms with Gasteiger partial charge in [0.05, 0.1) is 11.3 Å². The van der Waals surface area contributed by atoms with Crippen molar-refractivity contribution >= 4 is 0 Å². The van der Waals surface area contributed by atoms with Crippen LogP contribution >= 0.6 is 0 Å². The van der Waals surface area contributed by atoms with Crippen LogP contribution < -0.4 is 5.56 Å². The molecule has 0 spiro atoms. The normalized spacial score (nSPS) is 14.8. The molecule has 29 heavy (non-hydrogen) atoms. The van der Waals surface area contributed by atoms with Crippen LogP contribution in [0.5, 0.6) is 0 Å². The second-order valence-corrected chi connectivity index (χ2v) is 8.80. The van der Waals surface area contributed by atoms with Gasteiger partial charge in [-0.3, -0.25) is 9.69 Å². The Morgan fingerprint density at radius 2 is 1.90 bits per heavy atom. The van der Waals surface area contributed by atoms with E-state index in [-0.39, 0.29) is 16.8 Å². The van der Waals surface area contributed by atoms with E-state index in [1.54, 1.807) is 0 Å². The first-order chi connectivity index (χ1) is 13.8. The molecule has 2 aromatic heterocycles. The summed E-state index contributed by atoms with van der Waals surface area (Å²) in [7, 11) is 0. The van der Waals surface area contributed by atoms with Gasteiger partial charge in [-0.1, -0.05) is 32.9 Å². The smallest absolute Gasteiger partial charge is 0.255 e. The average Bonchev–Trinajstić information content (AvgIpc) is 3.10. The first-order valence-corrected chi connectivity index (χ1v) is 10.0. The topological polar surface area (TPSA) is 53.9 Å². The zero-order valence-corrected chi connectivity index (χ0v) is 17.2. The minimum atomic E-state index is -0.220. The lowest BCUT2D eigenvalue weighted by atomic mass is 9.95. The molecule has 3 aromatic rings. The Morgan fingerprint density at radius 1 is 1.14 bits per heavy atom. The Labute approximate surface area is 170 Å². The third-order valence-corrected chi connectivity index (χ3v) is 5.43. The summed E-state index contributed by atoms with van der Waals surface area (Å²) in [6.45, 7) is 9.10. The quantitative estimate of drug-likeness (QED) is 0.735. The Kier molecular flexibility index (Phi) is 5.13. The molecule has 0 unspecified atom stereocenters. The SMILES string of the molecule is CC(C)(C)c1nc2c(c(=O)[nH]1)CN(Cc1cccn1Cc1ccc(F)cc1)CC2. The molecule has 3 heterocycles. The minimum Gasteiger partial charge on any atom is -0.346 e. The van der Waals surface area contributed by atoms with Gasteiger partial charge in [0.1, 0.15) is 11.6 Å². The zero-order valence-electron chi connectivity index (χ0n) is 17.2. The number of aromatic amines is 1. The van der Waals surface area contributed by atoms with Crippen LogP contribution in [0.1, 0.15) is 49.1 Å². The van der Waals surface area contributed by atoms with Crippen molar-refractivity contribution in [2.24, 2.45) is 0 Å². The van der Waals surface area contributed by atoms with E-state index in [0.29, 0.717) is 13.1 Å². The molecule has 152 valence electrons. The first-order valence-electron chi connectivity index (χ1n) is 10.0. The minimum absolute atomic E-state index is 0.0219. The fraction of sp³-hybridized carbons (Fsp3) is 0.391. The van der Waals surface area contributed by atoms with E-state index in [1.807, 2.05) is 24.4 Å². The van der Waals surface area contributed by atoms with Gasteiger partial charge in [0.25, 0.3) is 5.56 Å². The third-order valence-electron chi connectivity index (χ3n) is 5.43. The fourth-order valence-corrected chi connectivity index (χ4v) is 3.73. The predicted octanol–water partition coefficient (Wildman–Crippen LogP) is 3.61. The highest BCUT2D eigenvalue weighted by atomic mass is 19.1. The molecule has 1 aliphatic heterocycles. The number of hydrogen-bond donors (Lipinski definition) is 1. The lowest BCUT2D eigenvalue weighted by Gasteiger charge is -2.29. The second-order valence-electron chi connectivity index (χ2n) is 8.80. The van der Waals surface area contributed by atoms with Crippen molar-refractivity contribution in [2.75, 3.05) is 6.54 Å². The molecule has 0 amide bonds. The van der Waals surface area contributed by atoms with Gasteiger partial charge in [-0.15, -0.1) is 0 Å². The van der Waals surface area contributed by atoms with Crippen LogP contribution in [0.25, 0.3) is 0 Å². The monoisotopic (exact) mass is 394 g/mol. The van der Waals surface area contributed by atoms with E-state index >= 15 is 0 Å². The Bertz CT molecular complexity index is 1060. The van der Waals surface area contributed by atoms with E-state index in [9.17, 15) is 9.18 Å². The molecule has 1 aliphatic rings. The molecule has 5 nitrogen and oxygen atoms in total. The van der Waals surface area contributed by atoms with Gasteiger partial charge in [0.15, 0.2) is 0 Å². The number of nitrogens with zero attached hydrogens (tertiary/aromatic N) is 3. The lowest BCUT2D eigenvalue weighted by molar-refractivity contribution is 0.235. The second kappa shape index (κ2) is 7.59. The number of H-pyrrole nitrogens is 1. The molecule has 1 N–H and O–H groups in total. The van der Waals surface area contributed by atoms with Crippen molar-refractivity contribution in [3.63, 3.8) is 0 Å². The third kappa shape index (κ3) is 4.32. The number of nitrogens with one attached hydrogen (secondary N) is 1. The fourth-order valence-electron chi connectivity index (χ4n) is 3.73. The molecule has 0 bridgehead atoms. The molecular weight excluding hydrogens is 367 g/mol. The van der Waals surface area contributed by atoms with Crippen LogP contribution in [0.2, 0.25) is 0 Å². The van der Waals surface area contributed by atoms with Crippen LogP contribution in [0.4, 0.5) is 4.39 Å². The summed E-state index contributed by atoms with van der Waals surface area (Å²) >= 11 is 0. The van der Waals surface area contributed by atoms with Gasteiger partial charge in [0.2, 0.25) is 0 Å². The van der Waals surface area contributed by atoms with Crippen molar-refractivity contribution in [2.45, 2.75) is 52.2 Å². The Morgan fingerprint density at radius 3 is 2.62 bits per heavy atom. The first kappa shape index (κ1) is 19.6. The van der Waals surface area contributed by atoms with E-state index in [2.05, 4.69) is 41.3 Å². The van der Waals surface area contributed by atoms with Crippen LogP contribution in [0, 0.1) is 5.82 Å². The molecule has 1 aromatic carbocycles. The number of benzene rings is 1. The van der Waals surface area contributed by atoms with E-state index in [4.69, 9.17) is 4.98 Å². The van der Waals surface area contributed by atoms with Crippen LogP contribution in [-0.4, -0.2) is 26.0 Å². The summed E-state index contributed by atoms with van der Waals surface area (Å²) < 4.78 is 15.3. The predicted molar refractivity (Wildman–Crippen MR) is 111 cm³/mol. The van der Waals surface area contributed by atoms with Gasteiger partial charge in [-0.05, 0) is 29.8 Å². The van der Waals surface area contributed by atoms with Gasteiger partial charge >= 0.3 is 0 Å². The molecule has 4 rings (SSSR count). The molecule has 0 saturated carbocycles. The highest BCUT2D eigenvalue weighted by molar-refractivity contribution is 5.23. The molecule has 0 radical (unpaired) electrons. The number of halogens is 1. The Hall–Kier alpha value is -2.73. The average molecular weight is 394 g/mol. The largest absolute Gasteiger partial charge is 0.346 e. The van der Waals surface area contributed by atoms with Crippen LogP contribution in [0.3, 0.4) is 0 Å². The highest BCUT2D eigenvalue weighted by Crippen LogP contribution is 2.21. The lowest BCUT2D eigenvalue weighted by Crippen LogP contribution is -2.37. The van der Waals surface area contributed by atoms with E-state index in [0.717, 1.165) is 42.2 Å². The molecule has 0 aliphatic carbocycles. The maximum Gasteiger partial charge on any atom is 0.255 e. The van der Waals surface area contributed by atoms with E-state index < -0.39 is 0 Å². The summed E-state index contributed by atoms with van der Waals surface area (Å²) in [6, 6.07) is 10.7. The van der Waals surface area contributed by atoms with Gasteiger partial charge in [0, 0.05) is 49.9 Å². The molecule has 0 fully saturated rings. The van der Waals surface area contributed by atoms with Crippen LogP contribution in [0.15, 0.2) is 47.4 Å². The molecule has 6 heteroatoms. The van der Waals surface area contributed by atoms with Crippen molar-refractivity contribution in [3.05, 3.63) is 87.1 Å². The Balaban J connectivity index is 1.50. The number of hydrogen-bond acceptors (Lipinski definition) is 3. The number of fused-ring (bicyclic) bond motifs is 1. The number of rotatable bonds is 4. The summed E-state index contributed by atoms with van der Waals surface area (Å²) in [4.78, 5) is 22.7. The maximum atomic E-state index is 13.2. The number of aromatic nitrogens is 3. The zero-order chi connectivity index (χ0) is 20.6. The molecular formula is C23H27FN4O. The van der Waals surface area contributed by atoms with Crippen molar-refractivity contribution in [1.82, 2.24) is 19.4 Å². The summed E-state index contributed by atoms with van der Waals surface area (Å²) in [5.41, 5.74) is 3.74.